The van der Waals surface area contributed by atoms with Crippen molar-refractivity contribution in [2.45, 2.75) is 45.1 Å². The van der Waals surface area contributed by atoms with Gasteiger partial charge in [0, 0.05) is 12.0 Å². The first kappa shape index (κ1) is 14.6. The van der Waals surface area contributed by atoms with Crippen molar-refractivity contribution in [3.63, 3.8) is 0 Å². The van der Waals surface area contributed by atoms with E-state index in [1.807, 2.05) is 31.2 Å². The summed E-state index contributed by atoms with van der Waals surface area (Å²) in [7, 11) is 0. The van der Waals surface area contributed by atoms with Gasteiger partial charge in [-0.25, -0.2) is 4.79 Å². The molecule has 3 nitrogen and oxygen atoms in total. The fourth-order valence-electron chi connectivity index (χ4n) is 3.81. The summed E-state index contributed by atoms with van der Waals surface area (Å²) in [5.41, 5.74) is 1.77. The molecule has 0 unspecified atom stereocenters. The number of benzene rings is 1. The molecule has 2 atom stereocenters. The van der Waals surface area contributed by atoms with Crippen LogP contribution in [-0.4, -0.2) is 36.6 Å². The maximum absolute atomic E-state index is 12.2. The highest BCUT2D eigenvalue weighted by Gasteiger charge is 2.33. The van der Waals surface area contributed by atoms with Crippen LogP contribution in [0.15, 0.2) is 24.3 Å². The first-order chi connectivity index (χ1) is 10.2. The van der Waals surface area contributed by atoms with Gasteiger partial charge in [0.25, 0.3) is 0 Å². The third-order valence-corrected chi connectivity index (χ3v) is 4.91. The Morgan fingerprint density at radius 3 is 2.95 bits per heavy atom. The molecule has 0 spiro atoms. The van der Waals surface area contributed by atoms with Crippen LogP contribution >= 0.6 is 0 Å². The SMILES string of the molecule is Cc1cccc(C(=O)OC[C@H]2CCCN3CCCC[C@H]23)c1. The average Bonchev–Trinajstić information content (AvgIpc) is 2.52. The highest BCUT2D eigenvalue weighted by Crippen LogP contribution is 2.31. The lowest BCUT2D eigenvalue weighted by molar-refractivity contribution is 0.00738. The molecule has 2 saturated heterocycles. The molecule has 0 saturated carbocycles. The molecular weight excluding hydrogens is 262 g/mol. The van der Waals surface area contributed by atoms with Crippen LogP contribution in [0.25, 0.3) is 0 Å². The molecule has 0 N–H and O–H groups in total. The number of carbonyl (C=O) groups is 1. The number of nitrogens with zero attached hydrogens (tertiary/aromatic N) is 1. The third kappa shape index (κ3) is 3.46. The number of piperidine rings is 2. The molecule has 0 bridgehead atoms. The average molecular weight is 287 g/mol. The molecule has 0 aliphatic carbocycles. The smallest absolute Gasteiger partial charge is 0.338 e. The zero-order valence-electron chi connectivity index (χ0n) is 12.9. The van der Waals surface area contributed by atoms with Crippen molar-refractivity contribution < 1.29 is 9.53 Å². The highest BCUT2D eigenvalue weighted by molar-refractivity contribution is 5.89. The van der Waals surface area contributed by atoms with Crippen molar-refractivity contribution in [2.24, 2.45) is 5.92 Å². The number of hydrogen-bond acceptors (Lipinski definition) is 3. The molecule has 3 heteroatoms. The zero-order valence-corrected chi connectivity index (χ0v) is 12.9. The zero-order chi connectivity index (χ0) is 14.7. The van der Waals surface area contributed by atoms with Gasteiger partial charge in [0.1, 0.15) is 0 Å². The van der Waals surface area contributed by atoms with E-state index >= 15 is 0 Å². The number of hydrogen-bond donors (Lipinski definition) is 0. The summed E-state index contributed by atoms with van der Waals surface area (Å²) in [5, 5.41) is 0. The van der Waals surface area contributed by atoms with Crippen LogP contribution in [0, 0.1) is 12.8 Å². The number of carbonyl (C=O) groups excluding carboxylic acids is 1. The van der Waals surface area contributed by atoms with Crippen LogP contribution in [0.5, 0.6) is 0 Å². The summed E-state index contributed by atoms with van der Waals surface area (Å²) in [4.78, 5) is 14.8. The largest absolute Gasteiger partial charge is 0.462 e. The minimum Gasteiger partial charge on any atom is -0.462 e. The standard InChI is InChI=1S/C18H25NO2/c1-14-6-4-7-15(12-14)18(20)21-13-16-8-5-11-19-10-3-2-9-17(16)19/h4,6-7,12,16-17H,2-3,5,8-11,13H2,1H3/t16-,17-/m1/s1. The maximum atomic E-state index is 12.2. The fraction of sp³-hybridized carbons (Fsp3) is 0.611. The van der Waals surface area contributed by atoms with Crippen LogP contribution in [0.2, 0.25) is 0 Å². The molecule has 114 valence electrons. The number of fused-ring (bicyclic) bond motifs is 1. The van der Waals surface area contributed by atoms with Gasteiger partial charge in [-0.05, 0) is 57.8 Å². The van der Waals surface area contributed by atoms with Gasteiger partial charge < -0.3 is 4.74 Å². The van der Waals surface area contributed by atoms with E-state index in [4.69, 9.17) is 4.74 Å². The van der Waals surface area contributed by atoms with Gasteiger partial charge in [-0.3, -0.25) is 4.90 Å². The van der Waals surface area contributed by atoms with Gasteiger partial charge >= 0.3 is 5.97 Å². The lowest BCUT2D eigenvalue weighted by Gasteiger charge is -2.44. The monoisotopic (exact) mass is 287 g/mol. The molecule has 1 aromatic carbocycles. The van der Waals surface area contributed by atoms with Crippen LogP contribution in [0.4, 0.5) is 0 Å². The van der Waals surface area contributed by atoms with Gasteiger partial charge in [0.2, 0.25) is 0 Å². The van der Waals surface area contributed by atoms with Crippen LogP contribution < -0.4 is 0 Å². The van der Waals surface area contributed by atoms with E-state index in [9.17, 15) is 4.79 Å². The summed E-state index contributed by atoms with van der Waals surface area (Å²) in [6.07, 6.45) is 6.36. The van der Waals surface area contributed by atoms with E-state index in [0.717, 1.165) is 5.56 Å². The normalized spacial score (nSPS) is 26.1. The predicted octanol–water partition coefficient (Wildman–Crippen LogP) is 3.42. The van der Waals surface area contributed by atoms with Gasteiger partial charge in [-0.1, -0.05) is 24.1 Å². The van der Waals surface area contributed by atoms with E-state index < -0.39 is 0 Å². The summed E-state index contributed by atoms with van der Waals surface area (Å²) >= 11 is 0. The number of aryl methyl sites for hydroxylation is 1. The molecule has 3 rings (SSSR count). The molecule has 0 radical (unpaired) electrons. The summed E-state index contributed by atoms with van der Waals surface area (Å²) in [6, 6.07) is 8.28. The van der Waals surface area contributed by atoms with Crippen molar-refractivity contribution in [2.75, 3.05) is 19.7 Å². The Bertz CT molecular complexity index is 498. The Hall–Kier alpha value is -1.35. The first-order valence-electron chi connectivity index (χ1n) is 8.22. The Morgan fingerprint density at radius 2 is 2.10 bits per heavy atom. The highest BCUT2D eigenvalue weighted by atomic mass is 16.5. The van der Waals surface area contributed by atoms with Crippen molar-refractivity contribution in [1.29, 1.82) is 0 Å². The van der Waals surface area contributed by atoms with Gasteiger partial charge in [-0.2, -0.15) is 0 Å². The molecule has 0 aromatic heterocycles. The second kappa shape index (κ2) is 6.61. The second-order valence-corrected chi connectivity index (χ2v) is 6.47. The molecule has 21 heavy (non-hydrogen) atoms. The number of esters is 1. The van der Waals surface area contributed by atoms with E-state index in [0.29, 0.717) is 24.1 Å². The van der Waals surface area contributed by atoms with Gasteiger partial charge in [-0.15, -0.1) is 0 Å². The van der Waals surface area contributed by atoms with E-state index in [-0.39, 0.29) is 5.97 Å². The van der Waals surface area contributed by atoms with Crippen LogP contribution in [0.3, 0.4) is 0 Å². The topological polar surface area (TPSA) is 29.5 Å². The quantitative estimate of drug-likeness (QED) is 0.798. The van der Waals surface area contributed by atoms with Crippen molar-refractivity contribution in [3.05, 3.63) is 35.4 Å². The van der Waals surface area contributed by atoms with Gasteiger partial charge in [0.05, 0.1) is 12.2 Å². The molecular formula is C18H25NO2. The minimum absolute atomic E-state index is 0.174. The Morgan fingerprint density at radius 1 is 1.24 bits per heavy atom. The third-order valence-electron chi connectivity index (χ3n) is 4.91. The minimum atomic E-state index is -0.174. The lowest BCUT2D eigenvalue weighted by Crippen LogP contribution is -2.49. The summed E-state index contributed by atoms with van der Waals surface area (Å²) in [6.45, 7) is 5.03. The molecule has 2 heterocycles. The molecule has 2 aliphatic rings. The Kier molecular flexibility index (Phi) is 4.59. The Labute approximate surface area is 127 Å². The maximum Gasteiger partial charge on any atom is 0.338 e. The predicted molar refractivity (Wildman–Crippen MR) is 83.4 cm³/mol. The van der Waals surface area contributed by atoms with Crippen LogP contribution in [-0.2, 0) is 4.74 Å². The summed E-state index contributed by atoms with van der Waals surface area (Å²) < 4.78 is 5.61. The van der Waals surface area contributed by atoms with Crippen molar-refractivity contribution in [3.8, 4) is 0 Å². The molecule has 1 aromatic rings. The van der Waals surface area contributed by atoms with E-state index in [1.165, 1.54) is 45.2 Å². The van der Waals surface area contributed by atoms with E-state index in [1.54, 1.807) is 0 Å². The molecule has 2 fully saturated rings. The number of ether oxygens (including phenoxy) is 1. The van der Waals surface area contributed by atoms with E-state index in [2.05, 4.69) is 4.90 Å². The Balaban J connectivity index is 1.57. The fourth-order valence-corrected chi connectivity index (χ4v) is 3.81. The summed E-state index contributed by atoms with van der Waals surface area (Å²) in [5.74, 6) is 0.347. The number of rotatable bonds is 3. The molecule has 0 amide bonds. The van der Waals surface area contributed by atoms with Crippen molar-refractivity contribution >= 4 is 5.97 Å². The molecule has 2 aliphatic heterocycles. The van der Waals surface area contributed by atoms with Gasteiger partial charge in [0.15, 0.2) is 0 Å². The van der Waals surface area contributed by atoms with Crippen LogP contribution in [0.1, 0.15) is 48.0 Å². The lowest BCUT2D eigenvalue weighted by atomic mass is 9.84. The first-order valence-corrected chi connectivity index (χ1v) is 8.22. The van der Waals surface area contributed by atoms with Crippen molar-refractivity contribution in [1.82, 2.24) is 4.90 Å². The second-order valence-electron chi connectivity index (χ2n) is 6.47.